The number of phenolic OH excluding ortho intramolecular Hbond substituents is 1. The Morgan fingerprint density at radius 1 is 1.42 bits per heavy atom. The molecule has 0 unspecified atom stereocenters. The molecule has 0 saturated heterocycles. The Bertz CT molecular complexity index is 631. The van der Waals surface area contributed by atoms with Gasteiger partial charge < -0.3 is 5.11 Å². The number of aromatic hydroxyl groups is 1. The Morgan fingerprint density at radius 3 is 2.84 bits per heavy atom. The molecule has 0 aliphatic rings. The number of benzene rings is 1. The number of aromatic nitrogens is 2. The number of nitrogens with zero attached hydrogens (tertiary/aromatic N) is 2. The first kappa shape index (κ1) is 12.8. The van der Waals surface area contributed by atoms with Crippen molar-refractivity contribution in [1.82, 2.24) is 15.6 Å². The number of amides is 1. The number of hydrazone groups is 1. The van der Waals surface area contributed by atoms with Crippen LogP contribution in [0.5, 0.6) is 5.75 Å². The van der Waals surface area contributed by atoms with Gasteiger partial charge in [-0.25, -0.2) is 5.43 Å². The molecule has 0 aliphatic carbocycles. The molecule has 6 heteroatoms. The molecule has 19 heavy (non-hydrogen) atoms. The maximum absolute atomic E-state index is 11.6. The highest BCUT2D eigenvalue weighted by atomic mass is 16.3. The van der Waals surface area contributed by atoms with Crippen LogP contribution in [0.4, 0.5) is 0 Å². The minimum Gasteiger partial charge on any atom is -0.507 e. The fraction of sp³-hybridized carbons (Fsp3) is 0.154. The molecule has 0 aliphatic heterocycles. The van der Waals surface area contributed by atoms with E-state index in [0.717, 1.165) is 11.3 Å². The maximum atomic E-state index is 11.6. The third kappa shape index (κ3) is 3.19. The Hall–Kier alpha value is -2.63. The zero-order valence-corrected chi connectivity index (χ0v) is 10.6. The maximum Gasteiger partial charge on any atom is 0.291 e. The van der Waals surface area contributed by atoms with Crippen molar-refractivity contribution < 1.29 is 9.90 Å². The van der Waals surface area contributed by atoms with E-state index in [9.17, 15) is 9.90 Å². The Balaban J connectivity index is 2.02. The van der Waals surface area contributed by atoms with Crippen LogP contribution in [-0.2, 0) is 0 Å². The Kier molecular flexibility index (Phi) is 3.61. The summed E-state index contributed by atoms with van der Waals surface area (Å²) in [7, 11) is 0. The molecule has 0 bridgehead atoms. The Morgan fingerprint density at radius 2 is 2.21 bits per heavy atom. The van der Waals surface area contributed by atoms with Crippen LogP contribution in [0.2, 0.25) is 0 Å². The number of carbonyl (C=O) groups excluding carboxylic acids is 1. The number of hydrogen-bond donors (Lipinski definition) is 3. The van der Waals surface area contributed by atoms with Gasteiger partial charge in [0.1, 0.15) is 5.75 Å². The molecule has 3 N–H and O–H groups in total. The van der Waals surface area contributed by atoms with Crippen LogP contribution in [0.3, 0.4) is 0 Å². The van der Waals surface area contributed by atoms with Crippen molar-refractivity contribution in [3.63, 3.8) is 0 Å². The van der Waals surface area contributed by atoms with E-state index in [1.54, 1.807) is 25.1 Å². The van der Waals surface area contributed by atoms with E-state index < -0.39 is 5.91 Å². The van der Waals surface area contributed by atoms with E-state index in [1.165, 1.54) is 6.21 Å². The molecular weight excluding hydrogens is 244 g/mol. The third-order valence-corrected chi connectivity index (χ3v) is 2.49. The van der Waals surface area contributed by atoms with Crippen molar-refractivity contribution in [2.45, 2.75) is 13.8 Å². The minimum absolute atomic E-state index is 0.119. The van der Waals surface area contributed by atoms with Crippen molar-refractivity contribution in [2.75, 3.05) is 0 Å². The van der Waals surface area contributed by atoms with Crippen LogP contribution in [-0.4, -0.2) is 27.4 Å². The standard InChI is InChI=1S/C13H14N4O2/c1-8-3-4-10(12(18)5-8)7-14-17-13(19)11-6-9(2)15-16-11/h3-7,18H,1-2H3,(H,15,16)(H,17,19)/b14-7+. The number of rotatable bonds is 3. The number of phenols is 1. The number of aryl methyl sites for hydroxylation is 2. The number of H-pyrrole nitrogens is 1. The monoisotopic (exact) mass is 258 g/mol. The van der Waals surface area contributed by atoms with Crippen LogP contribution < -0.4 is 5.43 Å². The van der Waals surface area contributed by atoms with E-state index in [-0.39, 0.29) is 11.4 Å². The molecule has 98 valence electrons. The summed E-state index contributed by atoms with van der Waals surface area (Å²) < 4.78 is 0. The molecule has 1 aromatic heterocycles. The molecule has 2 aromatic rings. The summed E-state index contributed by atoms with van der Waals surface area (Å²) in [5.41, 5.74) is 4.88. The van der Waals surface area contributed by atoms with E-state index in [0.29, 0.717) is 5.56 Å². The highest BCUT2D eigenvalue weighted by Crippen LogP contribution is 2.15. The lowest BCUT2D eigenvalue weighted by Crippen LogP contribution is -2.18. The molecule has 0 atom stereocenters. The zero-order valence-electron chi connectivity index (χ0n) is 10.6. The largest absolute Gasteiger partial charge is 0.507 e. The number of nitrogens with one attached hydrogen (secondary N) is 2. The normalized spacial score (nSPS) is 10.8. The summed E-state index contributed by atoms with van der Waals surface area (Å²) >= 11 is 0. The molecule has 0 saturated carbocycles. The summed E-state index contributed by atoms with van der Waals surface area (Å²) in [5, 5.41) is 19.9. The van der Waals surface area contributed by atoms with Crippen molar-refractivity contribution >= 4 is 12.1 Å². The average molecular weight is 258 g/mol. The smallest absolute Gasteiger partial charge is 0.291 e. The molecule has 2 rings (SSSR count). The van der Waals surface area contributed by atoms with Crippen molar-refractivity contribution in [2.24, 2.45) is 5.10 Å². The lowest BCUT2D eigenvalue weighted by atomic mass is 10.1. The first-order chi connectivity index (χ1) is 9.06. The summed E-state index contributed by atoms with van der Waals surface area (Å²) in [6, 6.07) is 6.81. The van der Waals surface area contributed by atoms with Gasteiger partial charge in [-0.05, 0) is 37.6 Å². The van der Waals surface area contributed by atoms with Crippen molar-refractivity contribution in [3.05, 3.63) is 46.8 Å². The van der Waals surface area contributed by atoms with Crippen molar-refractivity contribution in [3.8, 4) is 5.75 Å². The van der Waals surface area contributed by atoms with E-state index in [4.69, 9.17) is 0 Å². The first-order valence-electron chi connectivity index (χ1n) is 5.71. The van der Waals surface area contributed by atoms with Gasteiger partial charge in [-0.15, -0.1) is 0 Å². The molecular formula is C13H14N4O2. The second-order valence-corrected chi connectivity index (χ2v) is 4.20. The zero-order chi connectivity index (χ0) is 13.8. The quantitative estimate of drug-likeness (QED) is 0.575. The van der Waals surface area contributed by atoms with Crippen LogP contribution in [0.1, 0.15) is 27.3 Å². The van der Waals surface area contributed by atoms with Gasteiger partial charge >= 0.3 is 0 Å². The molecule has 1 amide bonds. The predicted molar refractivity (Wildman–Crippen MR) is 71.2 cm³/mol. The fourth-order valence-corrected chi connectivity index (χ4v) is 1.51. The van der Waals surface area contributed by atoms with Crippen LogP contribution in [0.15, 0.2) is 29.4 Å². The fourth-order valence-electron chi connectivity index (χ4n) is 1.51. The van der Waals surface area contributed by atoms with Gasteiger partial charge in [-0.1, -0.05) is 6.07 Å². The van der Waals surface area contributed by atoms with Crippen LogP contribution in [0.25, 0.3) is 0 Å². The second kappa shape index (κ2) is 5.34. The first-order valence-corrected chi connectivity index (χ1v) is 5.71. The van der Waals surface area contributed by atoms with Gasteiger partial charge in [-0.2, -0.15) is 10.2 Å². The van der Waals surface area contributed by atoms with E-state index >= 15 is 0 Å². The predicted octanol–water partition coefficient (Wildman–Crippen LogP) is 1.50. The highest BCUT2D eigenvalue weighted by Gasteiger charge is 2.07. The SMILES string of the molecule is Cc1ccc(/C=N/NC(=O)c2cc(C)[nH]n2)c(O)c1. The van der Waals surface area contributed by atoms with Gasteiger partial charge in [0.05, 0.1) is 6.21 Å². The topological polar surface area (TPSA) is 90.4 Å². The van der Waals surface area contributed by atoms with Gasteiger partial charge in [0.15, 0.2) is 5.69 Å². The summed E-state index contributed by atoms with van der Waals surface area (Å²) in [6.07, 6.45) is 1.38. The highest BCUT2D eigenvalue weighted by molar-refractivity contribution is 5.93. The summed E-state index contributed by atoms with van der Waals surface area (Å²) in [4.78, 5) is 11.6. The van der Waals surface area contributed by atoms with E-state index in [1.807, 2.05) is 13.0 Å². The lowest BCUT2D eigenvalue weighted by Gasteiger charge is -2.00. The molecule has 6 nitrogen and oxygen atoms in total. The summed E-state index contributed by atoms with van der Waals surface area (Å²) in [6.45, 7) is 3.68. The minimum atomic E-state index is -0.410. The van der Waals surface area contributed by atoms with Crippen molar-refractivity contribution in [1.29, 1.82) is 0 Å². The number of hydrogen-bond acceptors (Lipinski definition) is 4. The summed E-state index contributed by atoms with van der Waals surface area (Å²) in [5.74, 6) is -0.291. The number of carbonyl (C=O) groups is 1. The molecule has 1 heterocycles. The van der Waals surface area contributed by atoms with Crippen LogP contribution in [0, 0.1) is 13.8 Å². The van der Waals surface area contributed by atoms with E-state index in [2.05, 4.69) is 20.7 Å². The number of aromatic amines is 1. The molecule has 0 fully saturated rings. The molecule has 1 aromatic carbocycles. The average Bonchev–Trinajstić information content (AvgIpc) is 2.78. The van der Waals surface area contributed by atoms with Gasteiger partial charge in [-0.3, -0.25) is 9.89 Å². The third-order valence-electron chi connectivity index (χ3n) is 2.49. The van der Waals surface area contributed by atoms with Crippen LogP contribution >= 0.6 is 0 Å². The lowest BCUT2D eigenvalue weighted by molar-refractivity contribution is 0.0950. The molecule has 0 spiro atoms. The van der Waals surface area contributed by atoms with Gasteiger partial charge in [0.25, 0.3) is 5.91 Å². The Labute approximate surface area is 110 Å². The van der Waals surface area contributed by atoms with Gasteiger partial charge in [0.2, 0.25) is 0 Å². The molecule has 0 radical (unpaired) electrons. The van der Waals surface area contributed by atoms with Gasteiger partial charge in [0, 0.05) is 11.3 Å². The second-order valence-electron chi connectivity index (χ2n) is 4.20.